The minimum Gasteiger partial charge on any atom is -0.376 e. The van der Waals surface area contributed by atoms with Gasteiger partial charge in [-0.25, -0.2) is 0 Å². The Morgan fingerprint density at radius 3 is 1.92 bits per heavy atom. The van der Waals surface area contributed by atoms with Crippen molar-refractivity contribution in [1.82, 2.24) is 0 Å². The van der Waals surface area contributed by atoms with Gasteiger partial charge >= 0.3 is 8.80 Å². The van der Waals surface area contributed by atoms with Crippen molar-refractivity contribution >= 4 is 33.2 Å². The van der Waals surface area contributed by atoms with Gasteiger partial charge in [-0.2, -0.15) is 12.6 Å². The zero-order valence-corrected chi connectivity index (χ0v) is 10.6. The molecule has 0 aliphatic rings. The van der Waals surface area contributed by atoms with Crippen molar-refractivity contribution in [3.8, 4) is 0 Å². The topological polar surface area (TPSA) is 27.7 Å². The van der Waals surface area contributed by atoms with Crippen LogP contribution in [0.25, 0.3) is 0 Å². The second-order valence-electron chi connectivity index (χ2n) is 2.21. The summed E-state index contributed by atoms with van der Waals surface area (Å²) in [6.07, 6.45) is 0. The number of thioether (sulfide) groups is 1. The Morgan fingerprint density at radius 1 is 1.25 bits per heavy atom. The number of hydrogen-bond acceptors (Lipinski definition) is 5. The number of hydrogen-bond donors (Lipinski definition) is 1. The van der Waals surface area contributed by atoms with Crippen molar-refractivity contribution in [1.29, 1.82) is 0 Å². The summed E-state index contributed by atoms with van der Waals surface area (Å²) in [5, 5.41) is 0.737. The molecule has 0 rings (SSSR count). The SMILES string of the molecule is CO[Si](CSC(C)S)(OC)OC. The Morgan fingerprint density at radius 2 is 1.67 bits per heavy atom. The molecule has 0 spiro atoms. The Bertz CT molecular complexity index is 111. The van der Waals surface area contributed by atoms with Crippen molar-refractivity contribution in [2.45, 2.75) is 11.5 Å². The number of thiol groups is 1. The number of rotatable bonds is 6. The van der Waals surface area contributed by atoms with E-state index in [-0.39, 0.29) is 4.58 Å². The maximum Gasteiger partial charge on any atom is 0.510 e. The largest absolute Gasteiger partial charge is 0.510 e. The average molecular weight is 228 g/mol. The molecule has 0 radical (unpaired) electrons. The molecule has 3 nitrogen and oxygen atoms in total. The van der Waals surface area contributed by atoms with Gasteiger partial charge in [-0.1, -0.05) is 0 Å². The Labute approximate surface area is 84.9 Å². The van der Waals surface area contributed by atoms with E-state index >= 15 is 0 Å². The summed E-state index contributed by atoms with van der Waals surface area (Å²) >= 11 is 5.91. The van der Waals surface area contributed by atoms with Crippen LogP contribution in [0.5, 0.6) is 0 Å². The maximum atomic E-state index is 5.23. The summed E-state index contributed by atoms with van der Waals surface area (Å²) in [5.41, 5.74) is 0. The van der Waals surface area contributed by atoms with Crippen molar-refractivity contribution in [2.24, 2.45) is 0 Å². The molecule has 1 atom stereocenters. The molecule has 0 bridgehead atoms. The molecule has 0 aromatic heterocycles. The van der Waals surface area contributed by atoms with E-state index < -0.39 is 8.80 Å². The highest BCUT2D eigenvalue weighted by Gasteiger charge is 2.37. The van der Waals surface area contributed by atoms with E-state index in [0.717, 1.165) is 5.38 Å². The third-order valence-electron chi connectivity index (χ3n) is 1.43. The monoisotopic (exact) mass is 228 g/mol. The van der Waals surface area contributed by atoms with Crippen LogP contribution in [0, 0.1) is 0 Å². The minimum atomic E-state index is -2.37. The van der Waals surface area contributed by atoms with E-state index in [2.05, 4.69) is 12.6 Å². The highest BCUT2D eigenvalue weighted by Crippen LogP contribution is 2.20. The van der Waals surface area contributed by atoms with Gasteiger partial charge in [-0.15, -0.1) is 11.8 Å². The van der Waals surface area contributed by atoms with Crippen LogP contribution >= 0.6 is 24.4 Å². The molecule has 0 aliphatic heterocycles. The van der Waals surface area contributed by atoms with Crippen LogP contribution in [0.3, 0.4) is 0 Å². The van der Waals surface area contributed by atoms with Gasteiger partial charge in [0.1, 0.15) is 0 Å². The highest BCUT2D eigenvalue weighted by molar-refractivity contribution is 8.11. The van der Waals surface area contributed by atoms with Crippen LogP contribution in [-0.2, 0) is 13.3 Å². The van der Waals surface area contributed by atoms with Crippen LogP contribution < -0.4 is 0 Å². The predicted molar refractivity (Wildman–Crippen MR) is 57.7 cm³/mol. The van der Waals surface area contributed by atoms with Crippen molar-refractivity contribution in [2.75, 3.05) is 26.7 Å². The van der Waals surface area contributed by atoms with Crippen LogP contribution in [-0.4, -0.2) is 40.1 Å². The van der Waals surface area contributed by atoms with Gasteiger partial charge in [-0.05, 0) is 6.92 Å². The average Bonchev–Trinajstić information content (AvgIpc) is 2.08. The fourth-order valence-electron chi connectivity index (χ4n) is 0.649. The van der Waals surface area contributed by atoms with Gasteiger partial charge in [-0.3, -0.25) is 0 Å². The Hall–Kier alpha value is 0.797. The van der Waals surface area contributed by atoms with E-state index in [0.29, 0.717) is 0 Å². The molecule has 0 fully saturated rings. The van der Waals surface area contributed by atoms with Crippen LogP contribution in [0.15, 0.2) is 0 Å². The van der Waals surface area contributed by atoms with E-state index in [1.54, 1.807) is 33.1 Å². The van der Waals surface area contributed by atoms with Crippen molar-refractivity contribution in [3.63, 3.8) is 0 Å². The minimum absolute atomic E-state index is 0.275. The van der Waals surface area contributed by atoms with E-state index in [9.17, 15) is 0 Å². The van der Waals surface area contributed by atoms with Crippen LogP contribution in [0.1, 0.15) is 6.92 Å². The molecule has 12 heavy (non-hydrogen) atoms. The highest BCUT2D eigenvalue weighted by atomic mass is 32.2. The molecule has 0 N–H and O–H groups in total. The molecule has 1 unspecified atom stereocenters. The summed E-state index contributed by atoms with van der Waals surface area (Å²) in [4.78, 5) is 0. The first-order chi connectivity index (χ1) is 5.60. The normalized spacial score (nSPS) is 14.8. The third-order valence-corrected chi connectivity index (χ3v) is 6.31. The second-order valence-corrected chi connectivity index (χ2v) is 8.12. The van der Waals surface area contributed by atoms with E-state index in [1.165, 1.54) is 0 Å². The Balaban J connectivity index is 3.93. The first-order valence-corrected chi connectivity index (χ1v) is 7.05. The van der Waals surface area contributed by atoms with Crippen LogP contribution in [0.4, 0.5) is 0 Å². The van der Waals surface area contributed by atoms with Crippen LogP contribution in [0.2, 0.25) is 0 Å². The molecule has 0 amide bonds. The van der Waals surface area contributed by atoms with E-state index in [1.807, 2.05) is 6.92 Å². The summed E-state index contributed by atoms with van der Waals surface area (Å²) in [5.74, 6) is 0. The standard InChI is InChI=1S/C6H16O3S2Si/c1-6(10)11-5-12(7-2,8-3)9-4/h6,10H,5H2,1-4H3. The van der Waals surface area contributed by atoms with Gasteiger partial charge in [0.05, 0.1) is 5.38 Å². The first kappa shape index (κ1) is 12.8. The fourth-order valence-corrected chi connectivity index (χ4v) is 5.02. The quantitative estimate of drug-likeness (QED) is 0.423. The molecular formula is C6H16O3S2Si. The summed E-state index contributed by atoms with van der Waals surface area (Å²) < 4.78 is 16.0. The predicted octanol–water partition coefficient (Wildman–Crippen LogP) is 1.41. The Kier molecular flexibility index (Phi) is 6.70. The molecule has 0 aliphatic carbocycles. The van der Waals surface area contributed by atoms with Crippen molar-refractivity contribution in [3.05, 3.63) is 0 Å². The molecule has 0 saturated carbocycles. The molecule has 6 heteroatoms. The third kappa shape index (κ3) is 4.15. The lowest BCUT2D eigenvalue weighted by atomic mass is 11.0. The lowest BCUT2D eigenvalue weighted by Crippen LogP contribution is -2.46. The maximum absolute atomic E-state index is 5.23. The van der Waals surface area contributed by atoms with Gasteiger partial charge in [0.2, 0.25) is 0 Å². The molecule has 0 saturated heterocycles. The zero-order chi connectivity index (χ0) is 9.61. The zero-order valence-electron chi connectivity index (χ0n) is 7.86. The smallest absolute Gasteiger partial charge is 0.376 e. The first-order valence-electron chi connectivity index (χ1n) is 3.55. The summed E-state index contributed by atoms with van der Waals surface area (Å²) in [7, 11) is 2.48. The second kappa shape index (κ2) is 6.28. The molecule has 0 heterocycles. The van der Waals surface area contributed by atoms with Gasteiger partial charge in [0.15, 0.2) is 0 Å². The molecular weight excluding hydrogens is 212 g/mol. The summed E-state index contributed by atoms with van der Waals surface area (Å²) in [6, 6.07) is 0. The summed E-state index contributed by atoms with van der Waals surface area (Å²) in [6.45, 7) is 2.01. The molecule has 0 aromatic carbocycles. The molecule has 74 valence electrons. The van der Waals surface area contributed by atoms with Gasteiger partial charge in [0.25, 0.3) is 0 Å². The fraction of sp³-hybridized carbons (Fsp3) is 1.00. The lowest BCUT2D eigenvalue weighted by Gasteiger charge is -2.24. The lowest BCUT2D eigenvalue weighted by molar-refractivity contribution is 0.130. The molecule has 0 aromatic rings. The van der Waals surface area contributed by atoms with Crippen molar-refractivity contribution < 1.29 is 13.3 Å². The van der Waals surface area contributed by atoms with Gasteiger partial charge in [0, 0.05) is 25.9 Å². The van der Waals surface area contributed by atoms with Gasteiger partial charge < -0.3 is 13.3 Å². The van der Waals surface area contributed by atoms with E-state index in [4.69, 9.17) is 13.3 Å².